The zero-order chi connectivity index (χ0) is 11.6. The molecule has 0 bridgehead atoms. The van der Waals surface area contributed by atoms with E-state index in [1.165, 1.54) is 0 Å². The molecular weight excluding hydrogens is 232 g/mol. The third kappa shape index (κ3) is 2.15. The molecule has 1 aromatic heterocycles. The fourth-order valence-corrected chi connectivity index (χ4v) is 1.33. The maximum atomic E-state index is 12.3. The van der Waals surface area contributed by atoms with Gasteiger partial charge in [-0.3, -0.25) is 4.79 Å². The Labute approximate surface area is 87.5 Å². The van der Waals surface area contributed by atoms with Crippen LogP contribution < -0.4 is 5.43 Å². The molecule has 0 saturated carbocycles. The molecule has 1 heterocycles. The van der Waals surface area contributed by atoms with Gasteiger partial charge in [-0.05, 0) is 0 Å². The lowest BCUT2D eigenvalue weighted by Gasteiger charge is -2.04. The summed E-state index contributed by atoms with van der Waals surface area (Å²) in [5.41, 5.74) is -2.63. The summed E-state index contributed by atoms with van der Waals surface area (Å²) in [7, 11) is 0. The Kier molecular flexibility index (Phi) is 3.41. The first-order valence-corrected chi connectivity index (χ1v) is 4.34. The highest BCUT2D eigenvalue weighted by Crippen LogP contribution is 2.16. The number of hydrogen-bond acceptors (Lipinski definition) is 2. The van der Waals surface area contributed by atoms with E-state index in [0.29, 0.717) is 6.20 Å². The summed E-state index contributed by atoms with van der Waals surface area (Å²) in [5.74, 6) is -1.85. The third-order valence-corrected chi connectivity index (χ3v) is 2.06. The van der Waals surface area contributed by atoms with Gasteiger partial charge in [0.25, 0.3) is 6.43 Å². The van der Waals surface area contributed by atoms with Crippen LogP contribution in [0, 0.1) is 0 Å². The third-order valence-electron chi connectivity index (χ3n) is 1.79. The zero-order valence-electron chi connectivity index (χ0n) is 7.26. The molecule has 15 heavy (non-hydrogen) atoms. The molecule has 4 nitrogen and oxygen atoms in total. The maximum Gasteiger partial charge on any atom is 0.352 e. The molecule has 0 aliphatic rings. The fraction of sp³-hybridized carbons (Fsp3) is 0.250. The van der Waals surface area contributed by atoms with Crippen LogP contribution in [-0.2, 0) is 5.88 Å². The average molecular weight is 238 g/mol. The molecule has 0 aromatic carbocycles. The predicted molar refractivity (Wildman–Crippen MR) is 48.5 cm³/mol. The number of carbonyl (C=O) groups is 1. The fourth-order valence-electron chi connectivity index (χ4n) is 1.07. The first-order chi connectivity index (χ1) is 6.99. The van der Waals surface area contributed by atoms with Crippen molar-refractivity contribution in [3.05, 3.63) is 33.2 Å². The van der Waals surface area contributed by atoms with Gasteiger partial charge in [-0.1, -0.05) is 0 Å². The second kappa shape index (κ2) is 4.39. The highest BCUT2D eigenvalue weighted by molar-refractivity contribution is 6.17. The number of nitrogens with one attached hydrogen (secondary N) is 1. The zero-order valence-corrected chi connectivity index (χ0v) is 8.02. The highest BCUT2D eigenvalue weighted by Gasteiger charge is 2.20. The van der Waals surface area contributed by atoms with E-state index in [0.717, 1.165) is 0 Å². The minimum Gasteiger partial charge on any atom is -0.477 e. The van der Waals surface area contributed by atoms with Gasteiger partial charge in [0.05, 0.1) is 11.4 Å². The van der Waals surface area contributed by atoms with E-state index in [2.05, 4.69) is 4.98 Å². The van der Waals surface area contributed by atoms with E-state index in [1.807, 2.05) is 0 Å². The molecule has 0 atom stereocenters. The summed E-state index contributed by atoms with van der Waals surface area (Å²) >= 11 is 5.33. The normalized spacial score (nSPS) is 10.7. The molecule has 0 saturated heterocycles. The topological polar surface area (TPSA) is 70.2 Å². The molecule has 82 valence electrons. The quantitative estimate of drug-likeness (QED) is 0.787. The van der Waals surface area contributed by atoms with Gasteiger partial charge in [-0.25, -0.2) is 13.6 Å². The van der Waals surface area contributed by atoms with Crippen molar-refractivity contribution in [3.63, 3.8) is 0 Å². The van der Waals surface area contributed by atoms with Crippen LogP contribution in [0.25, 0.3) is 0 Å². The van der Waals surface area contributed by atoms with Crippen molar-refractivity contribution in [1.82, 2.24) is 4.98 Å². The first kappa shape index (κ1) is 11.6. The SMILES string of the molecule is O=C(O)c1[nH]cc(C(F)F)c(=O)c1CCl. The van der Waals surface area contributed by atoms with E-state index in [-0.39, 0.29) is 5.56 Å². The highest BCUT2D eigenvalue weighted by atomic mass is 35.5. The number of carboxylic acid groups (broad SMARTS) is 1. The van der Waals surface area contributed by atoms with Crippen LogP contribution in [0.4, 0.5) is 8.78 Å². The van der Waals surface area contributed by atoms with E-state index < -0.39 is 35.0 Å². The van der Waals surface area contributed by atoms with Crippen molar-refractivity contribution >= 4 is 17.6 Å². The van der Waals surface area contributed by atoms with Gasteiger partial charge in [0, 0.05) is 11.8 Å². The van der Waals surface area contributed by atoms with E-state index in [1.54, 1.807) is 0 Å². The van der Waals surface area contributed by atoms with Crippen LogP contribution in [0.15, 0.2) is 11.0 Å². The van der Waals surface area contributed by atoms with Crippen LogP contribution in [-0.4, -0.2) is 16.1 Å². The second-order valence-corrected chi connectivity index (χ2v) is 2.93. The molecule has 0 aliphatic heterocycles. The predicted octanol–water partition coefficient (Wildman–Crippen LogP) is 1.75. The molecule has 2 N–H and O–H groups in total. The van der Waals surface area contributed by atoms with Crippen LogP contribution >= 0.6 is 11.6 Å². The second-order valence-electron chi connectivity index (χ2n) is 2.67. The molecule has 7 heteroatoms. The van der Waals surface area contributed by atoms with Crippen molar-refractivity contribution in [2.45, 2.75) is 12.3 Å². The van der Waals surface area contributed by atoms with Crippen LogP contribution in [0.3, 0.4) is 0 Å². The first-order valence-electron chi connectivity index (χ1n) is 3.81. The van der Waals surface area contributed by atoms with Gasteiger partial charge in [-0.15, -0.1) is 11.6 Å². The number of carboxylic acids is 1. The van der Waals surface area contributed by atoms with E-state index >= 15 is 0 Å². The number of aromatic amines is 1. The minimum atomic E-state index is -2.96. The van der Waals surface area contributed by atoms with Crippen molar-refractivity contribution in [2.75, 3.05) is 0 Å². The van der Waals surface area contributed by atoms with Gasteiger partial charge in [0.15, 0.2) is 5.43 Å². The number of hydrogen-bond donors (Lipinski definition) is 2. The molecule has 0 amide bonds. The summed E-state index contributed by atoms with van der Waals surface area (Å²) < 4.78 is 24.5. The summed E-state index contributed by atoms with van der Waals surface area (Å²) in [5, 5.41) is 8.63. The van der Waals surface area contributed by atoms with Gasteiger partial charge in [0.1, 0.15) is 5.69 Å². The summed E-state index contributed by atoms with van der Waals surface area (Å²) in [6.07, 6.45) is -2.27. The molecule has 0 unspecified atom stereocenters. The van der Waals surface area contributed by atoms with Gasteiger partial charge in [0.2, 0.25) is 0 Å². The molecule has 0 spiro atoms. The Morgan fingerprint density at radius 2 is 2.20 bits per heavy atom. The van der Waals surface area contributed by atoms with E-state index in [4.69, 9.17) is 16.7 Å². The van der Waals surface area contributed by atoms with Gasteiger partial charge < -0.3 is 10.1 Å². The van der Waals surface area contributed by atoms with Crippen molar-refractivity contribution in [3.8, 4) is 0 Å². The Morgan fingerprint density at radius 3 is 2.60 bits per heavy atom. The lowest BCUT2D eigenvalue weighted by Crippen LogP contribution is -2.20. The average Bonchev–Trinajstić information content (AvgIpc) is 2.16. The monoisotopic (exact) mass is 237 g/mol. The maximum absolute atomic E-state index is 12.3. The number of pyridine rings is 1. The molecule has 1 aromatic rings. The molecule has 1 rings (SSSR count). The Hall–Kier alpha value is -1.43. The number of rotatable bonds is 3. The Balaban J connectivity index is 3.46. The summed E-state index contributed by atoms with van der Waals surface area (Å²) in [6.45, 7) is 0. The minimum absolute atomic E-state index is 0.359. The number of halogens is 3. The number of aromatic nitrogens is 1. The van der Waals surface area contributed by atoms with Crippen LogP contribution in [0.1, 0.15) is 28.0 Å². The van der Waals surface area contributed by atoms with Crippen LogP contribution in [0.5, 0.6) is 0 Å². The Morgan fingerprint density at radius 1 is 1.60 bits per heavy atom. The summed E-state index contributed by atoms with van der Waals surface area (Å²) in [4.78, 5) is 24.0. The molecule has 0 fully saturated rings. The largest absolute Gasteiger partial charge is 0.477 e. The van der Waals surface area contributed by atoms with Gasteiger partial charge >= 0.3 is 5.97 Å². The number of aromatic carboxylic acids is 1. The summed E-state index contributed by atoms with van der Waals surface area (Å²) in [6, 6.07) is 0. The van der Waals surface area contributed by atoms with Gasteiger partial charge in [-0.2, -0.15) is 0 Å². The smallest absolute Gasteiger partial charge is 0.352 e. The molecule has 0 aliphatic carbocycles. The molecule has 0 radical (unpaired) electrons. The Bertz CT molecular complexity index is 444. The van der Waals surface area contributed by atoms with E-state index in [9.17, 15) is 18.4 Å². The van der Waals surface area contributed by atoms with Crippen LogP contribution in [0.2, 0.25) is 0 Å². The molecular formula is C8H6ClF2NO3. The number of H-pyrrole nitrogens is 1. The lowest BCUT2D eigenvalue weighted by atomic mass is 10.1. The van der Waals surface area contributed by atoms with Crippen molar-refractivity contribution in [1.29, 1.82) is 0 Å². The lowest BCUT2D eigenvalue weighted by molar-refractivity contribution is 0.0688. The standard InChI is InChI=1S/C8H6ClF2NO3/c9-1-3-5(8(14)15)12-2-4(6(3)13)7(10)11/h2,7H,1H2,(H,12,13)(H,14,15). The van der Waals surface area contributed by atoms with Crippen molar-refractivity contribution < 1.29 is 18.7 Å². The number of alkyl halides is 3. The van der Waals surface area contributed by atoms with Crippen molar-refractivity contribution in [2.24, 2.45) is 0 Å².